The summed E-state index contributed by atoms with van der Waals surface area (Å²) in [6.45, 7) is 1.94. The maximum Gasteiger partial charge on any atom is 0.150 e. The smallest absolute Gasteiger partial charge is 0.150 e. The minimum absolute atomic E-state index is 0.173. The number of sulfone groups is 1. The molecule has 2 rings (SSSR count). The number of rotatable bonds is 3. The van der Waals surface area contributed by atoms with Gasteiger partial charge in [0.05, 0.1) is 11.5 Å². The van der Waals surface area contributed by atoms with Crippen LogP contribution in [0, 0.1) is 6.92 Å². The second-order valence-electron chi connectivity index (χ2n) is 4.52. The summed E-state index contributed by atoms with van der Waals surface area (Å²) in [5.74, 6) is 2.08. The summed E-state index contributed by atoms with van der Waals surface area (Å²) in [4.78, 5) is 8.32. The standard InChI is InChI=1S/C11H18N4O2S/c1-8-10(12-2)13-7-14-11(8)15-9-3-5-18(16,17)6-4-9/h7,9H,3-6H2,1-2H3,(H2,12,13,14,15). The third-order valence-corrected chi connectivity index (χ3v) is 4.93. The molecule has 1 saturated heterocycles. The van der Waals surface area contributed by atoms with Crippen molar-refractivity contribution < 1.29 is 8.42 Å². The zero-order valence-electron chi connectivity index (χ0n) is 10.6. The molecule has 1 aromatic heterocycles. The van der Waals surface area contributed by atoms with Crippen LogP contribution in [-0.2, 0) is 9.84 Å². The van der Waals surface area contributed by atoms with Crippen molar-refractivity contribution in [1.29, 1.82) is 0 Å². The van der Waals surface area contributed by atoms with Crippen LogP contribution in [0.5, 0.6) is 0 Å². The maximum absolute atomic E-state index is 11.4. The lowest BCUT2D eigenvalue weighted by atomic mass is 10.1. The van der Waals surface area contributed by atoms with Crippen LogP contribution in [0.2, 0.25) is 0 Å². The van der Waals surface area contributed by atoms with E-state index in [-0.39, 0.29) is 17.5 Å². The first-order valence-electron chi connectivity index (χ1n) is 5.98. The molecule has 0 spiro atoms. The van der Waals surface area contributed by atoms with Gasteiger partial charge in [-0.05, 0) is 19.8 Å². The van der Waals surface area contributed by atoms with E-state index < -0.39 is 9.84 Å². The molecule has 0 radical (unpaired) electrons. The number of nitrogens with one attached hydrogen (secondary N) is 2. The highest BCUT2D eigenvalue weighted by atomic mass is 32.2. The van der Waals surface area contributed by atoms with Crippen LogP contribution in [0.15, 0.2) is 6.33 Å². The predicted octanol–water partition coefficient (Wildman–Crippen LogP) is 0.816. The molecule has 0 aliphatic carbocycles. The fourth-order valence-electron chi connectivity index (χ4n) is 2.08. The van der Waals surface area contributed by atoms with Crippen LogP contribution in [0.25, 0.3) is 0 Å². The number of hydrogen-bond acceptors (Lipinski definition) is 6. The Kier molecular flexibility index (Phi) is 3.70. The first-order chi connectivity index (χ1) is 8.52. The molecule has 0 aromatic carbocycles. The normalized spacial score (nSPS) is 19.4. The van der Waals surface area contributed by atoms with Crippen LogP contribution >= 0.6 is 0 Å². The van der Waals surface area contributed by atoms with Crippen LogP contribution < -0.4 is 10.6 Å². The van der Waals surface area contributed by atoms with Crippen LogP contribution in [-0.4, -0.2) is 43.0 Å². The fraction of sp³-hybridized carbons (Fsp3) is 0.636. The summed E-state index contributed by atoms with van der Waals surface area (Å²) < 4.78 is 22.7. The molecule has 0 bridgehead atoms. The third kappa shape index (κ3) is 2.90. The molecule has 0 amide bonds. The quantitative estimate of drug-likeness (QED) is 0.846. The van der Waals surface area contributed by atoms with E-state index in [2.05, 4.69) is 20.6 Å². The summed E-state index contributed by atoms with van der Waals surface area (Å²) >= 11 is 0. The molecule has 1 aliphatic heterocycles. The number of aromatic nitrogens is 2. The molecule has 7 heteroatoms. The first kappa shape index (κ1) is 13.1. The van der Waals surface area contributed by atoms with Gasteiger partial charge < -0.3 is 10.6 Å². The molecule has 100 valence electrons. The lowest BCUT2D eigenvalue weighted by Crippen LogP contribution is -2.32. The SMILES string of the molecule is CNc1ncnc(NC2CCS(=O)(=O)CC2)c1C. The third-order valence-electron chi connectivity index (χ3n) is 3.22. The molecule has 2 heterocycles. The summed E-state index contributed by atoms with van der Waals surface area (Å²) in [7, 11) is -1.00. The number of anilines is 2. The van der Waals surface area contributed by atoms with Gasteiger partial charge >= 0.3 is 0 Å². The van der Waals surface area contributed by atoms with Gasteiger partial charge in [0.15, 0.2) is 0 Å². The highest BCUT2D eigenvalue weighted by molar-refractivity contribution is 7.91. The largest absolute Gasteiger partial charge is 0.373 e. The van der Waals surface area contributed by atoms with Crippen molar-refractivity contribution >= 4 is 21.5 Å². The minimum atomic E-state index is -2.82. The molecule has 1 aromatic rings. The Labute approximate surface area is 107 Å². The van der Waals surface area contributed by atoms with E-state index >= 15 is 0 Å². The summed E-state index contributed by atoms with van der Waals surface area (Å²) in [5, 5.41) is 6.31. The zero-order valence-corrected chi connectivity index (χ0v) is 11.4. The van der Waals surface area contributed by atoms with Crippen molar-refractivity contribution in [3.8, 4) is 0 Å². The number of hydrogen-bond donors (Lipinski definition) is 2. The van der Waals surface area contributed by atoms with E-state index in [0.29, 0.717) is 12.8 Å². The van der Waals surface area contributed by atoms with E-state index in [1.807, 2.05) is 14.0 Å². The van der Waals surface area contributed by atoms with E-state index in [0.717, 1.165) is 17.2 Å². The van der Waals surface area contributed by atoms with E-state index in [4.69, 9.17) is 0 Å². The molecule has 6 nitrogen and oxygen atoms in total. The summed E-state index contributed by atoms with van der Waals surface area (Å²) in [5.41, 5.74) is 0.952. The lowest BCUT2D eigenvalue weighted by molar-refractivity contribution is 0.559. The Morgan fingerprint density at radius 1 is 1.22 bits per heavy atom. The monoisotopic (exact) mass is 270 g/mol. The van der Waals surface area contributed by atoms with E-state index in [1.165, 1.54) is 6.33 Å². The number of nitrogens with zero attached hydrogens (tertiary/aromatic N) is 2. The van der Waals surface area contributed by atoms with Crippen LogP contribution in [0.1, 0.15) is 18.4 Å². The second kappa shape index (κ2) is 5.09. The van der Waals surface area contributed by atoms with Gasteiger partial charge in [-0.25, -0.2) is 18.4 Å². The second-order valence-corrected chi connectivity index (χ2v) is 6.82. The molecule has 18 heavy (non-hydrogen) atoms. The van der Waals surface area contributed by atoms with E-state index in [9.17, 15) is 8.42 Å². The summed E-state index contributed by atoms with van der Waals surface area (Å²) in [6.07, 6.45) is 2.78. The molecule has 1 fully saturated rings. The highest BCUT2D eigenvalue weighted by Crippen LogP contribution is 2.21. The Hall–Kier alpha value is -1.37. The molecule has 1 aliphatic rings. The van der Waals surface area contributed by atoms with Crippen LogP contribution in [0.4, 0.5) is 11.6 Å². The van der Waals surface area contributed by atoms with Gasteiger partial charge in [-0.3, -0.25) is 0 Å². The topological polar surface area (TPSA) is 84.0 Å². The average Bonchev–Trinajstić information content (AvgIpc) is 2.34. The van der Waals surface area contributed by atoms with Crippen molar-refractivity contribution in [2.75, 3.05) is 29.2 Å². The van der Waals surface area contributed by atoms with Gasteiger partial charge in [0.25, 0.3) is 0 Å². The Morgan fingerprint density at radius 3 is 2.44 bits per heavy atom. The minimum Gasteiger partial charge on any atom is -0.373 e. The Balaban J connectivity index is 2.07. The van der Waals surface area contributed by atoms with E-state index in [1.54, 1.807) is 0 Å². The molecular weight excluding hydrogens is 252 g/mol. The van der Waals surface area contributed by atoms with Gasteiger partial charge in [-0.15, -0.1) is 0 Å². The lowest BCUT2D eigenvalue weighted by Gasteiger charge is -2.24. The zero-order chi connectivity index (χ0) is 13.2. The van der Waals surface area contributed by atoms with Gasteiger partial charge in [0.1, 0.15) is 27.8 Å². The Bertz CT molecular complexity index is 516. The molecular formula is C11H18N4O2S. The van der Waals surface area contributed by atoms with Gasteiger partial charge in [0, 0.05) is 18.7 Å². The van der Waals surface area contributed by atoms with Gasteiger partial charge in [-0.1, -0.05) is 0 Å². The highest BCUT2D eigenvalue weighted by Gasteiger charge is 2.24. The van der Waals surface area contributed by atoms with Crippen molar-refractivity contribution in [2.45, 2.75) is 25.8 Å². The molecule has 2 N–H and O–H groups in total. The summed E-state index contributed by atoms with van der Waals surface area (Å²) in [6, 6.07) is 0.173. The first-order valence-corrected chi connectivity index (χ1v) is 7.80. The average molecular weight is 270 g/mol. The maximum atomic E-state index is 11.4. The van der Waals surface area contributed by atoms with Gasteiger partial charge in [0.2, 0.25) is 0 Å². The molecule has 0 saturated carbocycles. The molecule has 0 atom stereocenters. The Morgan fingerprint density at radius 2 is 1.83 bits per heavy atom. The fourth-order valence-corrected chi connectivity index (χ4v) is 3.57. The molecule has 0 unspecified atom stereocenters. The van der Waals surface area contributed by atoms with Crippen molar-refractivity contribution in [3.63, 3.8) is 0 Å². The van der Waals surface area contributed by atoms with Crippen molar-refractivity contribution in [1.82, 2.24) is 9.97 Å². The van der Waals surface area contributed by atoms with Crippen molar-refractivity contribution in [2.24, 2.45) is 0 Å². The van der Waals surface area contributed by atoms with Crippen molar-refractivity contribution in [3.05, 3.63) is 11.9 Å². The van der Waals surface area contributed by atoms with Crippen LogP contribution in [0.3, 0.4) is 0 Å². The van der Waals surface area contributed by atoms with Gasteiger partial charge in [-0.2, -0.15) is 0 Å². The predicted molar refractivity (Wildman–Crippen MR) is 71.6 cm³/mol.